The summed E-state index contributed by atoms with van der Waals surface area (Å²) in [5.74, 6) is 17.4. The van der Waals surface area contributed by atoms with Gasteiger partial charge >= 0.3 is 0 Å². The molecule has 0 unspecified atom stereocenters. The summed E-state index contributed by atoms with van der Waals surface area (Å²) in [5, 5.41) is 20.7. The molecule has 1 aliphatic carbocycles. The predicted molar refractivity (Wildman–Crippen MR) is 645 cm³/mol. The molecule has 0 radical (unpaired) electrons. The van der Waals surface area contributed by atoms with Crippen LogP contribution in [0.25, 0.3) is 108 Å². The van der Waals surface area contributed by atoms with E-state index in [1.807, 2.05) is 0 Å². The summed E-state index contributed by atoms with van der Waals surface area (Å²) < 4.78 is 0. The lowest BCUT2D eigenvalue weighted by molar-refractivity contribution is 0.553. The van der Waals surface area contributed by atoms with Crippen LogP contribution in [0.5, 0.6) is 0 Å². The summed E-state index contributed by atoms with van der Waals surface area (Å²) in [7, 11) is -9.04. The lowest BCUT2D eigenvalue weighted by Gasteiger charge is -2.38. The molecular weight excluding hydrogens is 1750 g/mol. The molecule has 10 aromatic rings. The minimum absolute atomic E-state index is 0.493. The normalized spacial score (nSPS) is 12.8. The highest BCUT2D eigenvalue weighted by Gasteiger charge is 2.46. The van der Waals surface area contributed by atoms with E-state index in [1.54, 1.807) is 22.3 Å². The van der Waals surface area contributed by atoms with Crippen LogP contribution in [0, 0.1) is 45.9 Å². The second-order valence-electron chi connectivity index (χ2n) is 48.8. The van der Waals surface area contributed by atoms with Crippen molar-refractivity contribution in [1.29, 1.82) is 0 Å². The number of hydrogen-bond acceptors (Lipinski definition) is 0. The van der Waals surface area contributed by atoms with E-state index in [2.05, 4.69) is 337 Å². The number of fused-ring (bicyclic) bond motifs is 12. The fraction of sp³-hybridized carbons (Fsp3) is 0.618. The van der Waals surface area contributed by atoms with E-state index in [-0.39, 0.29) is 0 Å². The fourth-order valence-corrected chi connectivity index (χ4v) is 48.6. The first kappa shape index (κ1) is 114. The zero-order chi connectivity index (χ0) is 101. The quantitative estimate of drug-likeness (QED) is 0.0154. The Bertz CT molecular complexity index is 5160. The zero-order valence-electron chi connectivity index (χ0n) is 95.3. The van der Waals surface area contributed by atoms with Crippen LogP contribution < -0.4 is 0 Å². The lowest BCUT2D eigenvalue weighted by atomic mass is 9.77. The van der Waals surface area contributed by atoms with Gasteiger partial charge in [-0.15, -0.1) is 22.2 Å². The van der Waals surface area contributed by atoms with E-state index < -0.39 is 32.3 Å². The van der Waals surface area contributed by atoms with Crippen molar-refractivity contribution in [3.05, 3.63) is 142 Å². The third kappa shape index (κ3) is 26.7. The summed E-state index contributed by atoms with van der Waals surface area (Å²) in [5.41, 5.74) is 40.1. The van der Waals surface area contributed by atoms with Crippen LogP contribution in [-0.2, 0) is 25.7 Å². The van der Waals surface area contributed by atoms with Gasteiger partial charge in [0.05, 0.1) is 0 Å². The molecule has 0 saturated carbocycles. The number of hydrogen-bond donors (Lipinski definition) is 0. The molecule has 0 bridgehead atoms. The molecule has 0 aromatic heterocycles. The molecule has 140 heavy (non-hydrogen) atoms. The summed E-state index contributed by atoms with van der Waals surface area (Å²) in [6, 6.07) is 42.1. The maximum atomic E-state index is 4.42. The Morgan fingerprint density at radius 3 is 0.407 bits per heavy atom. The third-order valence-electron chi connectivity index (χ3n) is 35.8. The Hall–Kier alpha value is -6.61. The molecule has 0 aliphatic heterocycles. The monoisotopic (exact) mass is 1950 g/mol. The van der Waals surface area contributed by atoms with E-state index in [9.17, 15) is 0 Å². The molecule has 10 aromatic carbocycles. The van der Waals surface area contributed by atoms with Crippen molar-refractivity contribution in [3.63, 3.8) is 0 Å². The van der Waals surface area contributed by atoms with Gasteiger partial charge in [-0.3, -0.25) is 0 Å². The van der Waals surface area contributed by atoms with Gasteiger partial charge in [-0.1, -0.05) is 473 Å². The standard InChI is InChI=1S/C136H200Si4/c1-29-33-37-41-45-49-53-57-61-65-69-109-81-113-85-125-121(73-77-137(97(5)6,98(7)8)99(9)10)129-89-117-93-133-134(94-118(117)90-130(129)122(74-78-138(100(11)12,101(13)14)102(15)16)126(125)86-114(113)82-110(109)70-66-62-58-54-50-46-42-38-34-30-2)136-96-120-92-132-124(76-80-140(106(23)24,107(25)26)108(27)28)128-88-116-84-112(72-68-64-60-56-52-48-44-40-36-32-4)111(71-67-63-59-55-51-47-43-39-35-31-3)83-115(116)87-127(128)123(131(132)91-119(120)95-135(133)136)75-79-139(103(17)18,104(19)20)105(21)22/h81-108H,29-72H2,1-28H3. The van der Waals surface area contributed by atoms with Gasteiger partial charge in [-0.05, 0) is 321 Å². The summed E-state index contributed by atoms with van der Waals surface area (Å²) in [4.78, 5) is 0. The van der Waals surface area contributed by atoms with Crippen molar-refractivity contribution in [3.8, 4) is 68.1 Å². The van der Waals surface area contributed by atoms with Crippen molar-refractivity contribution in [2.45, 2.75) is 543 Å². The molecule has 0 saturated heterocycles. The van der Waals surface area contributed by atoms with Crippen LogP contribution in [0.15, 0.2) is 97.1 Å². The molecule has 11 rings (SSSR count). The Kier molecular flexibility index (Phi) is 44.0. The van der Waals surface area contributed by atoms with Gasteiger partial charge in [-0.2, -0.15) is 0 Å². The lowest BCUT2D eigenvalue weighted by Crippen LogP contribution is -2.43. The van der Waals surface area contributed by atoms with Crippen molar-refractivity contribution in [2.24, 2.45) is 0 Å². The molecule has 0 amide bonds. The molecule has 1 aliphatic rings. The van der Waals surface area contributed by atoms with Gasteiger partial charge in [0.25, 0.3) is 0 Å². The minimum Gasteiger partial charge on any atom is -0.125 e. The minimum atomic E-state index is -2.26. The average molecular weight is 1950 g/mol. The van der Waals surface area contributed by atoms with Crippen LogP contribution in [0.1, 0.15) is 495 Å². The van der Waals surface area contributed by atoms with Gasteiger partial charge in [0, 0.05) is 22.3 Å². The van der Waals surface area contributed by atoms with E-state index in [4.69, 9.17) is 0 Å². The molecule has 0 atom stereocenters. The summed E-state index contributed by atoms with van der Waals surface area (Å²) >= 11 is 0. The number of benzene rings is 10. The summed E-state index contributed by atoms with van der Waals surface area (Å²) in [6.45, 7) is 69.3. The van der Waals surface area contributed by atoms with Crippen LogP contribution in [0.3, 0.4) is 0 Å². The predicted octanol–water partition coefficient (Wildman–Crippen LogP) is 44.7. The number of aryl methyl sites for hydroxylation is 4. The zero-order valence-corrected chi connectivity index (χ0v) is 99.3. The highest BCUT2D eigenvalue weighted by atomic mass is 28.3. The van der Waals surface area contributed by atoms with E-state index in [0.717, 1.165) is 25.7 Å². The Balaban J connectivity index is 1.16. The second-order valence-corrected chi connectivity index (χ2v) is 71.2. The molecule has 0 fully saturated rings. The van der Waals surface area contributed by atoms with Crippen molar-refractivity contribution >= 4 is 118 Å². The van der Waals surface area contributed by atoms with Crippen LogP contribution >= 0.6 is 0 Å². The topological polar surface area (TPSA) is 0 Å². The van der Waals surface area contributed by atoms with Gasteiger partial charge in [0.1, 0.15) is 32.3 Å². The van der Waals surface area contributed by atoms with Crippen LogP contribution in [-0.4, -0.2) is 32.3 Å². The number of rotatable bonds is 56. The van der Waals surface area contributed by atoms with E-state index in [1.165, 1.54) is 388 Å². The second kappa shape index (κ2) is 54.2. The SMILES string of the molecule is CCCCCCCCCCCCc1cc2cc3c(C#C[Si](C(C)C)(C(C)C)C(C)C)c4cc5cc6c(cc5cc4c(C#C[Si](C(C)C)(C(C)C)C(C)C)c3cc2cc1CCCCCCCCCCCC)-c1cc2cc3c(C#C[Si](C(C)C)(C(C)C)C(C)C)c4cc5cc(CCCCCCCCCCCC)c(CCCCCCCCCCCC)cc5cc4c(C#C[Si](C(C)C)(C(C)C)C(C)C)c3cc2cc1-6. The van der Waals surface area contributed by atoms with E-state index in [0.29, 0.717) is 66.5 Å². The van der Waals surface area contributed by atoms with Crippen molar-refractivity contribution < 1.29 is 0 Å². The fourth-order valence-electron chi connectivity index (χ4n) is 27.7. The first-order chi connectivity index (χ1) is 67.2. The largest absolute Gasteiger partial charge is 0.146 e. The first-order valence-electron chi connectivity index (χ1n) is 59.3. The number of unbranched alkanes of at least 4 members (excludes halogenated alkanes) is 36. The Morgan fingerprint density at radius 1 is 0.157 bits per heavy atom. The molecule has 4 heteroatoms. The molecule has 0 nitrogen and oxygen atoms in total. The maximum Gasteiger partial charge on any atom is 0.146 e. The summed E-state index contributed by atoms with van der Waals surface area (Å²) in [6.07, 6.45) is 58.9. The Labute approximate surface area is 864 Å². The van der Waals surface area contributed by atoms with Crippen molar-refractivity contribution in [2.75, 3.05) is 0 Å². The molecule has 0 heterocycles. The third-order valence-corrected chi connectivity index (χ3v) is 61.0. The van der Waals surface area contributed by atoms with Gasteiger partial charge in [0.2, 0.25) is 0 Å². The van der Waals surface area contributed by atoms with Crippen LogP contribution in [0.2, 0.25) is 66.5 Å². The molecule has 760 valence electrons. The van der Waals surface area contributed by atoms with Gasteiger partial charge < -0.3 is 0 Å². The highest BCUT2D eigenvalue weighted by Crippen LogP contribution is 2.54. The van der Waals surface area contributed by atoms with Gasteiger partial charge in [-0.25, -0.2) is 0 Å². The first-order valence-corrected chi connectivity index (χ1v) is 68.2. The molecule has 0 spiro atoms. The van der Waals surface area contributed by atoms with Crippen molar-refractivity contribution in [1.82, 2.24) is 0 Å². The molecule has 0 N–H and O–H groups in total. The van der Waals surface area contributed by atoms with E-state index >= 15 is 0 Å². The van der Waals surface area contributed by atoms with Crippen LogP contribution in [0.4, 0.5) is 0 Å². The average Bonchev–Trinajstić information content (AvgIpc) is 0.689. The Morgan fingerprint density at radius 2 is 0.279 bits per heavy atom. The highest BCUT2D eigenvalue weighted by molar-refractivity contribution is 6.92. The molecular formula is C136H200Si4. The van der Waals surface area contributed by atoms with Gasteiger partial charge in [0.15, 0.2) is 0 Å². The maximum absolute atomic E-state index is 4.42. The smallest absolute Gasteiger partial charge is 0.125 e.